The molecule has 0 aliphatic carbocycles. The Bertz CT molecular complexity index is 620. The number of fused-ring (bicyclic) bond motifs is 1. The van der Waals surface area contributed by atoms with E-state index in [-0.39, 0.29) is 11.9 Å². The number of thiophene rings is 1. The molecule has 4 nitrogen and oxygen atoms in total. The summed E-state index contributed by atoms with van der Waals surface area (Å²) in [4.78, 5) is 20.3. The number of carbonyl (C=O) groups excluding carboxylic acids is 1. The van der Waals surface area contributed by atoms with Crippen LogP contribution in [0.2, 0.25) is 0 Å². The number of amides is 1. The maximum atomic E-state index is 12.6. The van der Waals surface area contributed by atoms with Crippen LogP contribution < -0.4 is 0 Å². The van der Waals surface area contributed by atoms with E-state index in [1.807, 2.05) is 10.3 Å². The van der Waals surface area contributed by atoms with Crippen molar-refractivity contribution in [1.29, 1.82) is 0 Å². The number of rotatable bonds is 3. The van der Waals surface area contributed by atoms with Gasteiger partial charge in [-0.1, -0.05) is 0 Å². The monoisotopic (exact) mass is 308 g/mol. The van der Waals surface area contributed by atoms with E-state index >= 15 is 0 Å². The molecule has 106 valence electrons. The largest absolute Gasteiger partial charge is 0.378 e. The molecule has 0 saturated heterocycles. The number of aromatic nitrogens is 1. The third-order valence-electron chi connectivity index (χ3n) is 3.58. The molecule has 2 aromatic rings. The van der Waals surface area contributed by atoms with E-state index < -0.39 is 0 Å². The lowest BCUT2D eigenvalue weighted by Gasteiger charge is -2.33. The molecule has 1 atom stereocenters. The van der Waals surface area contributed by atoms with Crippen LogP contribution in [0.4, 0.5) is 0 Å². The Morgan fingerprint density at radius 3 is 3.20 bits per heavy atom. The van der Waals surface area contributed by atoms with Crippen molar-refractivity contribution in [3.63, 3.8) is 0 Å². The first-order valence-electron chi connectivity index (χ1n) is 6.51. The van der Waals surface area contributed by atoms with Gasteiger partial charge in [0.15, 0.2) is 0 Å². The molecule has 20 heavy (non-hydrogen) atoms. The van der Waals surface area contributed by atoms with Crippen LogP contribution in [0.3, 0.4) is 0 Å². The molecule has 3 rings (SSSR count). The molecular formula is C14H16N2O2S2. The SMILES string of the molecule is COCc1nc(C(=O)N2CCc3sccc3[C@H]2C)cs1. The minimum absolute atomic E-state index is 0.0213. The zero-order chi connectivity index (χ0) is 14.1. The number of carbonyl (C=O) groups is 1. The van der Waals surface area contributed by atoms with E-state index in [9.17, 15) is 4.79 Å². The van der Waals surface area contributed by atoms with Gasteiger partial charge < -0.3 is 9.64 Å². The molecule has 0 spiro atoms. The third kappa shape index (κ3) is 2.39. The van der Waals surface area contributed by atoms with Gasteiger partial charge in [0.05, 0.1) is 12.6 Å². The van der Waals surface area contributed by atoms with E-state index in [0.29, 0.717) is 12.3 Å². The number of thiazole rings is 1. The standard InChI is InChI=1S/C14H16N2O2S2/c1-9-10-4-6-19-12(10)3-5-16(9)14(17)11-8-20-13(15-11)7-18-2/h4,6,8-9H,3,5,7H2,1-2H3/t9-/m1/s1. The second-order valence-corrected chi connectivity index (χ2v) is 6.73. The molecule has 6 heteroatoms. The Morgan fingerprint density at radius 1 is 1.55 bits per heavy atom. The van der Waals surface area contributed by atoms with Crippen molar-refractivity contribution in [3.8, 4) is 0 Å². The summed E-state index contributed by atoms with van der Waals surface area (Å²) in [5.74, 6) is 0.0213. The van der Waals surface area contributed by atoms with Crippen molar-refractivity contribution in [2.45, 2.75) is 26.0 Å². The van der Waals surface area contributed by atoms with Crippen LogP contribution in [0.25, 0.3) is 0 Å². The van der Waals surface area contributed by atoms with Gasteiger partial charge in [-0.3, -0.25) is 4.79 Å². The highest BCUT2D eigenvalue weighted by Gasteiger charge is 2.30. The van der Waals surface area contributed by atoms with Crippen molar-refractivity contribution >= 4 is 28.6 Å². The molecule has 1 aliphatic rings. The smallest absolute Gasteiger partial charge is 0.273 e. The van der Waals surface area contributed by atoms with Gasteiger partial charge >= 0.3 is 0 Å². The molecule has 0 saturated carbocycles. The van der Waals surface area contributed by atoms with Crippen LogP contribution >= 0.6 is 22.7 Å². The second kappa shape index (κ2) is 5.63. The first-order valence-corrected chi connectivity index (χ1v) is 8.27. The van der Waals surface area contributed by atoms with Crippen LogP contribution in [0.1, 0.15) is 38.9 Å². The highest BCUT2D eigenvalue weighted by Crippen LogP contribution is 2.33. The Hall–Kier alpha value is -1.24. The lowest BCUT2D eigenvalue weighted by molar-refractivity contribution is 0.0673. The summed E-state index contributed by atoms with van der Waals surface area (Å²) >= 11 is 3.25. The van der Waals surface area contributed by atoms with E-state index in [1.165, 1.54) is 21.8 Å². The fourth-order valence-corrected chi connectivity index (χ4v) is 4.23. The first-order chi connectivity index (χ1) is 9.70. The van der Waals surface area contributed by atoms with Gasteiger partial charge in [-0.25, -0.2) is 4.98 Å². The van der Waals surface area contributed by atoms with Crippen LogP contribution in [0, 0.1) is 0 Å². The van der Waals surface area contributed by atoms with Crippen molar-refractivity contribution in [1.82, 2.24) is 9.88 Å². The number of nitrogens with zero attached hydrogens (tertiary/aromatic N) is 2. The van der Waals surface area contributed by atoms with Gasteiger partial charge in [0.2, 0.25) is 0 Å². The van der Waals surface area contributed by atoms with Gasteiger partial charge in [0.1, 0.15) is 10.7 Å². The van der Waals surface area contributed by atoms with Crippen LogP contribution in [0.5, 0.6) is 0 Å². The topological polar surface area (TPSA) is 42.4 Å². The quantitative estimate of drug-likeness (QED) is 0.875. The molecule has 3 heterocycles. The molecule has 0 aromatic carbocycles. The summed E-state index contributed by atoms with van der Waals surface area (Å²) in [7, 11) is 1.63. The molecule has 1 amide bonds. The number of hydrogen-bond acceptors (Lipinski definition) is 5. The Kier molecular flexibility index (Phi) is 3.87. The normalized spacial score (nSPS) is 18.1. The summed E-state index contributed by atoms with van der Waals surface area (Å²) < 4.78 is 5.05. The summed E-state index contributed by atoms with van der Waals surface area (Å²) in [5, 5.41) is 4.78. The zero-order valence-electron chi connectivity index (χ0n) is 11.5. The van der Waals surface area contributed by atoms with E-state index in [4.69, 9.17) is 4.74 Å². The summed E-state index contributed by atoms with van der Waals surface area (Å²) in [6.07, 6.45) is 0.943. The Balaban J connectivity index is 1.80. The van der Waals surface area contributed by atoms with Gasteiger partial charge in [0, 0.05) is 23.9 Å². The first kappa shape index (κ1) is 13.7. The van der Waals surface area contributed by atoms with Crippen LogP contribution in [-0.2, 0) is 17.8 Å². The van der Waals surface area contributed by atoms with Gasteiger partial charge in [0.25, 0.3) is 5.91 Å². The maximum Gasteiger partial charge on any atom is 0.273 e. The average molecular weight is 308 g/mol. The number of ether oxygens (including phenoxy) is 1. The summed E-state index contributed by atoms with van der Waals surface area (Å²) in [6, 6.07) is 2.26. The molecule has 0 bridgehead atoms. The molecule has 0 unspecified atom stereocenters. The zero-order valence-corrected chi connectivity index (χ0v) is 13.1. The lowest BCUT2D eigenvalue weighted by Crippen LogP contribution is -2.38. The molecule has 0 fully saturated rings. The fraction of sp³-hybridized carbons (Fsp3) is 0.429. The third-order valence-corrected chi connectivity index (χ3v) is 5.40. The molecule has 0 N–H and O–H groups in total. The highest BCUT2D eigenvalue weighted by molar-refractivity contribution is 7.10. The number of methoxy groups -OCH3 is 1. The molecule has 0 radical (unpaired) electrons. The van der Waals surface area contributed by atoms with Crippen molar-refractivity contribution in [2.24, 2.45) is 0 Å². The van der Waals surface area contributed by atoms with E-state index in [0.717, 1.165) is 18.0 Å². The average Bonchev–Trinajstić information content (AvgIpc) is 3.08. The fourth-order valence-electron chi connectivity index (χ4n) is 2.53. The van der Waals surface area contributed by atoms with Crippen LogP contribution in [-0.4, -0.2) is 29.4 Å². The Morgan fingerprint density at radius 2 is 2.40 bits per heavy atom. The molecular weight excluding hydrogens is 292 g/mol. The molecule has 1 aliphatic heterocycles. The predicted molar refractivity (Wildman–Crippen MR) is 80.3 cm³/mol. The van der Waals surface area contributed by atoms with Gasteiger partial charge in [-0.05, 0) is 30.4 Å². The molecule has 2 aromatic heterocycles. The van der Waals surface area contributed by atoms with Gasteiger partial charge in [-0.2, -0.15) is 0 Å². The van der Waals surface area contributed by atoms with E-state index in [1.54, 1.807) is 18.4 Å². The van der Waals surface area contributed by atoms with Crippen molar-refractivity contribution < 1.29 is 9.53 Å². The van der Waals surface area contributed by atoms with Gasteiger partial charge in [-0.15, -0.1) is 22.7 Å². The predicted octanol–water partition coefficient (Wildman–Crippen LogP) is 3.11. The lowest BCUT2D eigenvalue weighted by atomic mass is 10.0. The van der Waals surface area contributed by atoms with Crippen molar-refractivity contribution in [2.75, 3.05) is 13.7 Å². The summed E-state index contributed by atoms with van der Waals surface area (Å²) in [5.41, 5.74) is 1.81. The number of hydrogen-bond donors (Lipinski definition) is 0. The minimum atomic E-state index is 0.0213. The van der Waals surface area contributed by atoms with Crippen LogP contribution in [0.15, 0.2) is 16.8 Å². The van der Waals surface area contributed by atoms with E-state index in [2.05, 4.69) is 23.4 Å². The summed E-state index contributed by atoms with van der Waals surface area (Å²) in [6.45, 7) is 3.32. The maximum absolute atomic E-state index is 12.6. The minimum Gasteiger partial charge on any atom is -0.378 e. The van der Waals surface area contributed by atoms with Crippen molar-refractivity contribution in [3.05, 3.63) is 38.0 Å². The Labute approximate surface area is 126 Å². The second-order valence-electron chi connectivity index (χ2n) is 4.78. The highest BCUT2D eigenvalue weighted by atomic mass is 32.1.